The van der Waals surface area contributed by atoms with Crippen LogP contribution in [0.4, 0.5) is 17.1 Å². The molecular weight excluding hydrogens is 795 g/mol. The van der Waals surface area contributed by atoms with Gasteiger partial charge in [-0.1, -0.05) is 218 Å². The summed E-state index contributed by atoms with van der Waals surface area (Å²) >= 11 is 0. The monoisotopic (exact) mass is 837 g/mol. The lowest BCUT2D eigenvalue weighted by atomic mass is 9.81. The molecule has 308 valence electrons. The van der Waals surface area contributed by atoms with Crippen LogP contribution in [-0.4, -0.2) is 0 Å². The van der Waals surface area contributed by atoms with Gasteiger partial charge in [0.2, 0.25) is 0 Å². The summed E-state index contributed by atoms with van der Waals surface area (Å²) in [5.41, 5.74) is 11.9. The van der Waals surface area contributed by atoms with E-state index in [1.807, 2.05) is 0 Å². The lowest BCUT2D eigenvalue weighted by Crippen LogP contribution is -2.11. The fourth-order valence-electron chi connectivity index (χ4n) is 10.8. The SMILES string of the molecule is Cc1ccc(-c2cc(-c3ccccc3)c3c4ccccc4c4cc(N(c5cc6ccccc6c6ccccc56)c5cc6ccccc6c6ccccc56)ccc4c3c2-c2ccccc2)cc1. The van der Waals surface area contributed by atoms with Gasteiger partial charge < -0.3 is 4.90 Å². The van der Waals surface area contributed by atoms with Crippen molar-refractivity contribution in [2.45, 2.75) is 6.92 Å². The number of nitrogens with zero attached hydrogens (tertiary/aromatic N) is 1. The van der Waals surface area contributed by atoms with E-state index in [9.17, 15) is 0 Å². The smallest absolute Gasteiger partial charge is 0.0546 e. The predicted molar refractivity (Wildman–Crippen MR) is 285 cm³/mol. The Morgan fingerprint density at radius 3 is 1.29 bits per heavy atom. The minimum atomic E-state index is 1.10. The van der Waals surface area contributed by atoms with Crippen LogP contribution in [0.25, 0.3) is 109 Å². The van der Waals surface area contributed by atoms with Crippen LogP contribution in [0, 0.1) is 6.92 Å². The molecule has 0 bridgehead atoms. The molecule has 0 aliphatic rings. The Hall–Kier alpha value is -8.52. The van der Waals surface area contributed by atoms with Crippen molar-refractivity contribution in [1.82, 2.24) is 0 Å². The maximum Gasteiger partial charge on any atom is 0.0546 e. The van der Waals surface area contributed by atoms with Gasteiger partial charge in [-0.05, 0) is 135 Å². The van der Waals surface area contributed by atoms with Gasteiger partial charge in [0.15, 0.2) is 0 Å². The van der Waals surface area contributed by atoms with Crippen molar-refractivity contribution < 1.29 is 0 Å². The molecule has 0 saturated carbocycles. The summed E-state index contributed by atoms with van der Waals surface area (Å²) in [7, 11) is 0. The molecule has 0 amide bonds. The Labute approximate surface area is 384 Å². The zero-order valence-electron chi connectivity index (χ0n) is 36.5. The molecule has 0 atom stereocenters. The average molecular weight is 838 g/mol. The van der Waals surface area contributed by atoms with E-state index in [1.54, 1.807) is 0 Å². The van der Waals surface area contributed by atoms with E-state index in [4.69, 9.17) is 0 Å². The highest BCUT2D eigenvalue weighted by Gasteiger charge is 2.25. The summed E-state index contributed by atoms with van der Waals surface area (Å²) < 4.78 is 0. The van der Waals surface area contributed by atoms with Crippen LogP contribution in [-0.2, 0) is 0 Å². The van der Waals surface area contributed by atoms with E-state index in [2.05, 4.69) is 254 Å². The first kappa shape index (κ1) is 38.0. The maximum atomic E-state index is 2.54. The second-order valence-corrected chi connectivity index (χ2v) is 17.6. The Balaban J connectivity index is 1.20. The van der Waals surface area contributed by atoms with E-state index in [0.717, 1.165) is 17.1 Å². The van der Waals surface area contributed by atoms with Gasteiger partial charge in [-0.2, -0.15) is 0 Å². The zero-order chi connectivity index (χ0) is 43.7. The molecule has 1 heteroatoms. The standard InChI is InChI=1S/C65H43N/c1-42-32-34-44(35-33-42)58-41-59(43-18-4-2-5-19-43)64-56-31-17-14-28-53(56)60-40-48(36-37-57(60)65(64)63(58)45-20-6-3-7-21-45)66(61-38-46-22-8-10-24-49(46)51-26-12-15-29-54(51)61)62-39-47-23-9-11-25-50(47)52-27-13-16-30-55(52)62/h2-41H,1H3. The largest absolute Gasteiger partial charge is 0.309 e. The Morgan fingerprint density at radius 1 is 0.273 bits per heavy atom. The van der Waals surface area contributed by atoms with Crippen LogP contribution in [0.1, 0.15) is 5.56 Å². The van der Waals surface area contributed by atoms with Gasteiger partial charge in [-0.3, -0.25) is 0 Å². The number of fused-ring (bicyclic) bond motifs is 12. The minimum absolute atomic E-state index is 1.10. The zero-order valence-corrected chi connectivity index (χ0v) is 36.5. The van der Waals surface area contributed by atoms with Crippen molar-refractivity contribution in [3.8, 4) is 33.4 Å². The van der Waals surface area contributed by atoms with Crippen molar-refractivity contribution in [2.75, 3.05) is 4.90 Å². The number of hydrogen-bond donors (Lipinski definition) is 0. The summed E-state index contributed by atoms with van der Waals surface area (Å²) in [5, 5.41) is 17.3. The van der Waals surface area contributed by atoms with E-state index in [-0.39, 0.29) is 0 Å². The summed E-state index contributed by atoms with van der Waals surface area (Å²) in [6.07, 6.45) is 0. The molecule has 0 heterocycles. The summed E-state index contributed by atoms with van der Waals surface area (Å²) in [6, 6.07) is 90.1. The van der Waals surface area contributed by atoms with Gasteiger partial charge in [0, 0.05) is 16.5 Å². The first-order chi connectivity index (χ1) is 32.7. The van der Waals surface area contributed by atoms with Gasteiger partial charge >= 0.3 is 0 Å². The third kappa shape index (κ3) is 6.01. The lowest BCUT2D eigenvalue weighted by Gasteiger charge is -2.30. The number of aryl methyl sites for hydroxylation is 1. The minimum Gasteiger partial charge on any atom is -0.309 e. The third-order valence-corrected chi connectivity index (χ3v) is 13.8. The molecule has 1 nitrogen and oxygen atoms in total. The highest BCUT2D eigenvalue weighted by molar-refractivity contribution is 6.33. The first-order valence-electron chi connectivity index (χ1n) is 22.9. The summed E-state index contributed by atoms with van der Waals surface area (Å²) in [5.74, 6) is 0. The van der Waals surface area contributed by atoms with E-state index < -0.39 is 0 Å². The third-order valence-electron chi connectivity index (χ3n) is 13.8. The summed E-state index contributed by atoms with van der Waals surface area (Å²) in [4.78, 5) is 2.54. The number of rotatable bonds is 6. The molecule has 66 heavy (non-hydrogen) atoms. The lowest BCUT2D eigenvalue weighted by molar-refractivity contribution is 1.33. The fraction of sp³-hybridized carbons (Fsp3) is 0.0154. The molecule has 0 N–H and O–H groups in total. The van der Waals surface area contributed by atoms with Crippen LogP contribution in [0.5, 0.6) is 0 Å². The molecule has 13 aromatic rings. The number of anilines is 3. The van der Waals surface area contributed by atoms with Gasteiger partial charge in [-0.25, -0.2) is 0 Å². The molecule has 0 aliphatic heterocycles. The molecule has 13 rings (SSSR count). The van der Waals surface area contributed by atoms with Crippen molar-refractivity contribution in [3.63, 3.8) is 0 Å². The van der Waals surface area contributed by atoms with Gasteiger partial charge in [0.25, 0.3) is 0 Å². The molecule has 0 fully saturated rings. The molecule has 0 saturated heterocycles. The normalized spacial score (nSPS) is 11.7. The number of hydrogen-bond acceptors (Lipinski definition) is 1. The van der Waals surface area contributed by atoms with Crippen LogP contribution in [0.3, 0.4) is 0 Å². The fourth-order valence-corrected chi connectivity index (χ4v) is 10.8. The highest BCUT2D eigenvalue weighted by Crippen LogP contribution is 2.51. The quantitative estimate of drug-likeness (QED) is 0.151. The van der Waals surface area contributed by atoms with Crippen molar-refractivity contribution in [1.29, 1.82) is 0 Å². The Bertz CT molecular complexity index is 3920. The molecule has 0 unspecified atom stereocenters. The number of benzene rings is 13. The van der Waals surface area contributed by atoms with Gasteiger partial charge in [-0.15, -0.1) is 0 Å². The molecule has 0 spiro atoms. The van der Waals surface area contributed by atoms with Crippen LogP contribution in [0.15, 0.2) is 243 Å². The van der Waals surface area contributed by atoms with Gasteiger partial charge in [0.05, 0.1) is 11.4 Å². The van der Waals surface area contributed by atoms with Crippen molar-refractivity contribution in [3.05, 3.63) is 248 Å². The van der Waals surface area contributed by atoms with Gasteiger partial charge in [0.1, 0.15) is 0 Å². The Kier molecular flexibility index (Phi) is 8.82. The van der Waals surface area contributed by atoms with Crippen LogP contribution in [0.2, 0.25) is 0 Å². The van der Waals surface area contributed by atoms with E-state index >= 15 is 0 Å². The topological polar surface area (TPSA) is 3.24 Å². The second-order valence-electron chi connectivity index (χ2n) is 17.6. The predicted octanol–water partition coefficient (Wildman–Crippen LogP) is 18.5. The first-order valence-corrected chi connectivity index (χ1v) is 22.9. The summed E-state index contributed by atoms with van der Waals surface area (Å²) in [6.45, 7) is 2.17. The van der Waals surface area contributed by atoms with E-state index in [0.29, 0.717) is 0 Å². The molecule has 0 aliphatic carbocycles. The molecule has 0 radical (unpaired) electrons. The van der Waals surface area contributed by atoms with Crippen molar-refractivity contribution >= 4 is 92.5 Å². The van der Waals surface area contributed by atoms with Crippen LogP contribution < -0.4 is 4.90 Å². The Morgan fingerprint density at radius 2 is 0.712 bits per heavy atom. The van der Waals surface area contributed by atoms with Crippen LogP contribution >= 0.6 is 0 Å². The molecular formula is C65H43N. The second kappa shape index (κ2) is 15.3. The maximum absolute atomic E-state index is 2.54. The molecule has 0 aromatic heterocycles. The molecule has 13 aromatic carbocycles. The van der Waals surface area contributed by atoms with Crippen molar-refractivity contribution in [2.24, 2.45) is 0 Å². The highest BCUT2D eigenvalue weighted by atomic mass is 15.1. The van der Waals surface area contributed by atoms with E-state index in [1.165, 1.54) is 114 Å². The average Bonchev–Trinajstić information content (AvgIpc) is 3.39.